The second kappa shape index (κ2) is 7.53. The summed E-state index contributed by atoms with van der Waals surface area (Å²) in [6, 6.07) is 7.86. The zero-order chi connectivity index (χ0) is 18.7. The van der Waals surface area contributed by atoms with E-state index in [0.29, 0.717) is 16.3 Å². The van der Waals surface area contributed by atoms with Crippen LogP contribution in [0, 0.1) is 11.6 Å². The van der Waals surface area contributed by atoms with E-state index in [9.17, 15) is 13.6 Å². The smallest absolute Gasteiger partial charge is 0.309 e. The van der Waals surface area contributed by atoms with Gasteiger partial charge >= 0.3 is 5.97 Å². The van der Waals surface area contributed by atoms with Crippen molar-refractivity contribution < 1.29 is 27.8 Å². The molecule has 0 saturated carbocycles. The molecule has 0 fully saturated rings. The molecule has 1 heterocycles. The summed E-state index contributed by atoms with van der Waals surface area (Å²) in [5.74, 6) is -2.01. The molecule has 3 rings (SSSR count). The molecule has 5 nitrogen and oxygen atoms in total. The number of hydrogen-bond acceptors (Lipinski definition) is 4. The van der Waals surface area contributed by atoms with Crippen LogP contribution < -0.4 is 4.74 Å². The van der Waals surface area contributed by atoms with Crippen LogP contribution in [0.25, 0.3) is 11.5 Å². The van der Waals surface area contributed by atoms with Gasteiger partial charge in [-0.2, -0.15) is 0 Å². The molecule has 2 aromatic carbocycles. The van der Waals surface area contributed by atoms with Crippen molar-refractivity contribution in [1.29, 1.82) is 0 Å². The van der Waals surface area contributed by atoms with E-state index >= 15 is 0 Å². The Bertz CT molecular complexity index is 958. The van der Waals surface area contributed by atoms with Crippen LogP contribution in [0.15, 0.2) is 47.1 Å². The highest BCUT2D eigenvalue weighted by atomic mass is 35.5. The number of oxazole rings is 1. The van der Waals surface area contributed by atoms with Crippen molar-refractivity contribution >= 4 is 17.6 Å². The maximum Gasteiger partial charge on any atom is 0.309 e. The first-order valence-corrected chi connectivity index (χ1v) is 7.83. The van der Waals surface area contributed by atoms with Crippen molar-refractivity contribution in [2.45, 2.75) is 13.0 Å². The van der Waals surface area contributed by atoms with E-state index in [1.807, 2.05) is 0 Å². The van der Waals surface area contributed by atoms with Gasteiger partial charge in [-0.05, 0) is 30.3 Å². The Morgan fingerprint density at radius 2 is 2.04 bits per heavy atom. The van der Waals surface area contributed by atoms with E-state index < -0.39 is 17.6 Å². The Morgan fingerprint density at radius 3 is 2.77 bits per heavy atom. The molecule has 0 bridgehead atoms. The van der Waals surface area contributed by atoms with Gasteiger partial charge in [-0.3, -0.25) is 4.79 Å². The normalized spacial score (nSPS) is 10.7. The number of ether oxygens (including phenoxy) is 1. The van der Waals surface area contributed by atoms with E-state index in [-0.39, 0.29) is 30.2 Å². The van der Waals surface area contributed by atoms with Crippen molar-refractivity contribution in [3.63, 3.8) is 0 Å². The summed E-state index contributed by atoms with van der Waals surface area (Å²) in [5, 5.41) is 9.20. The third-order valence-corrected chi connectivity index (χ3v) is 3.69. The Labute approximate surface area is 151 Å². The molecule has 0 radical (unpaired) electrons. The fourth-order valence-corrected chi connectivity index (χ4v) is 2.43. The van der Waals surface area contributed by atoms with Gasteiger partial charge in [-0.1, -0.05) is 11.6 Å². The molecule has 0 atom stereocenters. The van der Waals surface area contributed by atoms with E-state index in [1.54, 1.807) is 12.1 Å². The molecule has 0 aliphatic rings. The van der Waals surface area contributed by atoms with Crippen LogP contribution >= 0.6 is 11.6 Å². The number of benzene rings is 2. The number of aromatic nitrogens is 1. The first-order valence-electron chi connectivity index (χ1n) is 7.45. The highest BCUT2D eigenvalue weighted by molar-refractivity contribution is 6.30. The summed E-state index contributed by atoms with van der Waals surface area (Å²) in [4.78, 5) is 14.9. The molecule has 0 aliphatic carbocycles. The fourth-order valence-electron chi connectivity index (χ4n) is 2.26. The lowest BCUT2D eigenvalue weighted by molar-refractivity contribution is -0.136. The standard InChI is InChI=1S/C18H12ClF2NO4/c19-11-2-4-16(25-8-10-1-3-12(20)6-15(10)21)14(5-11)18-22-13(9-26-18)7-17(23)24/h1-6,9H,7-8H2,(H,23,24). The van der Waals surface area contributed by atoms with Crippen molar-refractivity contribution in [3.05, 3.63) is 70.6 Å². The average molecular weight is 380 g/mol. The molecule has 0 amide bonds. The number of hydrogen-bond donors (Lipinski definition) is 1. The van der Waals surface area contributed by atoms with Gasteiger partial charge in [-0.15, -0.1) is 0 Å². The molecular weight excluding hydrogens is 368 g/mol. The Hall–Kier alpha value is -2.93. The number of halogens is 3. The molecule has 0 unspecified atom stereocenters. The molecule has 0 aliphatic heterocycles. The van der Waals surface area contributed by atoms with Gasteiger partial charge in [0.25, 0.3) is 0 Å². The second-order valence-corrected chi connectivity index (χ2v) is 5.82. The Kier molecular flexibility index (Phi) is 5.18. The van der Waals surface area contributed by atoms with Gasteiger partial charge in [0.05, 0.1) is 17.7 Å². The van der Waals surface area contributed by atoms with E-state index in [2.05, 4.69) is 4.98 Å². The summed E-state index contributed by atoms with van der Waals surface area (Å²) in [5.41, 5.74) is 0.797. The summed E-state index contributed by atoms with van der Waals surface area (Å²) in [6.07, 6.45) is 0.939. The van der Waals surface area contributed by atoms with Gasteiger partial charge in [0.1, 0.15) is 30.3 Å². The largest absolute Gasteiger partial charge is 0.488 e. The molecular formula is C18H12ClF2NO4. The lowest BCUT2D eigenvalue weighted by Crippen LogP contribution is -2.01. The van der Waals surface area contributed by atoms with Gasteiger partial charge in [0.2, 0.25) is 5.89 Å². The lowest BCUT2D eigenvalue weighted by atomic mass is 10.2. The Balaban J connectivity index is 1.86. The minimum atomic E-state index is -1.04. The number of rotatable bonds is 6. The second-order valence-electron chi connectivity index (χ2n) is 5.38. The minimum absolute atomic E-state index is 0.123. The number of carbonyl (C=O) groups is 1. The third-order valence-electron chi connectivity index (χ3n) is 3.45. The monoisotopic (exact) mass is 379 g/mol. The summed E-state index contributed by atoms with van der Waals surface area (Å²) >= 11 is 6.00. The van der Waals surface area contributed by atoms with Crippen LogP contribution in [0.5, 0.6) is 5.75 Å². The fraction of sp³-hybridized carbons (Fsp3) is 0.111. The average Bonchev–Trinajstić information content (AvgIpc) is 3.02. The zero-order valence-corrected chi connectivity index (χ0v) is 14.0. The third kappa shape index (κ3) is 4.18. The molecule has 0 saturated heterocycles. The SMILES string of the molecule is O=C(O)Cc1coc(-c2cc(Cl)ccc2OCc2ccc(F)cc2F)n1. The number of nitrogens with zero attached hydrogens (tertiary/aromatic N) is 1. The Morgan fingerprint density at radius 1 is 1.23 bits per heavy atom. The van der Waals surface area contributed by atoms with Crippen LogP contribution in [0.3, 0.4) is 0 Å². The van der Waals surface area contributed by atoms with Crippen molar-refractivity contribution in [2.24, 2.45) is 0 Å². The van der Waals surface area contributed by atoms with E-state index in [0.717, 1.165) is 12.1 Å². The molecule has 26 heavy (non-hydrogen) atoms. The maximum absolute atomic E-state index is 13.7. The summed E-state index contributed by atoms with van der Waals surface area (Å²) in [7, 11) is 0. The number of carboxylic acid groups (broad SMARTS) is 1. The summed E-state index contributed by atoms with van der Waals surface area (Å²) in [6.45, 7) is -0.149. The summed E-state index contributed by atoms with van der Waals surface area (Å²) < 4.78 is 37.6. The predicted molar refractivity (Wildman–Crippen MR) is 89.0 cm³/mol. The highest BCUT2D eigenvalue weighted by Gasteiger charge is 2.15. The topological polar surface area (TPSA) is 72.6 Å². The van der Waals surface area contributed by atoms with Crippen molar-refractivity contribution in [1.82, 2.24) is 4.98 Å². The maximum atomic E-state index is 13.7. The van der Waals surface area contributed by atoms with Gasteiger partial charge in [-0.25, -0.2) is 13.8 Å². The van der Waals surface area contributed by atoms with Gasteiger partial charge < -0.3 is 14.3 Å². The minimum Gasteiger partial charge on any atom is -0.488 e. The number of aliphatic carboxylic acids is 1. The van der Waals surface area contributed by atoms with Crippen molar-refractivity contribution in [3.8, 4) is 17.2 Å². The lowest BCUT2D eigenvalue weighted by Gasteiger charge is -2.10. The molecule has 1 N–H and O–H groups in total. The first-order chi connectivity index (χ1) is 12.4. The quantitative estimate of drug-likeness (QED) is 0.683. The first kappa shape index (κ1) is 17.9. The highest BCUT2D eigenvalue weighted by Crippen LogP contribution is 2.33. The molecule has 0 spiro atoms. The molecule has 8 heteroatoms. The molecule has 3 aromatic rings. The predicted octanol–water partition coefficient (Wildman–Crippen LogP) is 4.48. The van der Waals surface area contributed by atoms with E-state index in [1.165, 1.54) is 18.4 Å². The number of carboxylic acids is 1. The van der Waals surface area contributed by atoms with Crippen LogP contribution in [-0.2, 0) is 17.8 Å². The van der Waals surface area contributed by atoms with Crippen LogP contribution in [0.1, 0.15) is 11.3 Å². The van der Waals surface area contributed by atoms with Crippen molar-refractivity contribution in [2.75, 3.05) is 0 Å². The zero-order valence-electron chi connectivity index (χ0n) is 13.2. The van der Waals surface area contributed by atoms with Crippen LogP contribution in [0.4, 0.5) is 8.78 Å². The van der Waals surface area contributed by atoms with Gasteiger partial charge in [0, 0.05) is 16.7 Å². The van der Waals surface area contributed by atoms with Crippen LogP contribution in [-0.4, -0.2) is 16.1 Å². The molecule has 1 aromatic heterocycles. The van der Waals surface area contributed by atoms with Gasteiger partial charge in [0.15, 0.2) is 0 Å². The molecule has 134 valence electrons. The van der Waals surface area contributed by atoms with Crippen LogP contribution in [0.2, 0.25) is 5.02 Å². The van der Waals surface area contributed by atoms with E-state index in [4.69, 9.17) is 25.9 Å².